The first-order valence-corrected chi connectivity index (χ1v) is 10.00. The Kier molecular flexibility index (Phi) is 6.90. The number of aromatic nitrogens is 1. The molecule has 0 radical (unpaired) electrons. The smallest absolute Gasteiger partial charge is 0.337 e. The summed E-state index contributed by atoms with van der Waals surface area (Å²) in [5, 5.41) is 13.2. The molecule has 0 aliphatic rings. The molecule has 158 valence electrons. The van der Waals surface area contributed by atoms with Gasteiger partial charge >= 0.3 is 5.97 Å². The van der Waals surface area contributed by atoms with Gasteiger partial charge in [0.1, 0.15) is 11.6 Å². The van der Waals surface area contributed by atoms with E-state index in [1.165, 1.54) is 12.1 Å². The van der Waals surface area contributed by atoms with Crippen LogP contribution in [0.2, 0.25) is 0 Å². The van der Waals surface area contributed by atoms with E-state index in [1.807, 2.05) is 49.6 Å². The number of halogens is 1. The minimum Gasteiger partial charge on any atom is -0.494 e. The highest BCUT2D eigenvalue weighted by molar-refractivity contribution is 5.91. The fraction of sp³-hybridized carbons (Fsp3) is 0.292. The van der Waals surface area contributed by atoms with E-state index in [4.69, 9.17) is 4.74 Å². The van der Waals surface area contributed by atoms with Crippen molar-refractivity contribution in [3.63, 3.8) is 0 Å². The Bertz CT molecular complexity index is 1030. The summed E-state index contributed by atoms with van der Waals surface area (Å²) in [5.74, 6) is -0.407. The number of hydrogen-bond donors (Lipinski definition) is 2. The van der Waals surface area contributed by atoms with Crippen molar-refractivity contribution in [2.24, 2.45) is 0 Å². The van der Waals surface area contributed by atoms with Gasteiger partial charge in [0.25, 0.3) is 0 Å². The van der Waals surface area contributed by atoms with E-state index >= 15 is 0 Å². The van der Waals surface area contributed by atoms with E-state index < -0.39 is 5.97 Å². The molecule has 30 heavy (non-hydrogen) atoms. The Morgan fingerprint density at radius 1 is 1.07 bits per heavy atom. The van der Waals surface area contributed by atoms with E-state index in [-0.39, 0.29) is 5.82 Å². The fourth-order valence-electron chi connectivity index (χ4n) is 3.73. The molecule has 0 amide bonds. The van der Waals surface area contributed by atoms with E-state index in [2.05, 4.69) is 5.32 Å². The number of carbonyl (C=O) groups is 1. The van der Waals surface area contributed by atoms with Crippen LogP contribution in [0.5, 0.6) is 5.75 Å². The Hall–Kier alpha value is -3.12. The molecule has 0 atom stereocenters. The van der Waals surface area contributed by atoms with Crippen LogP contribution in [0.3, 0.4) is 0 Å². The van der Waals surface area contributed by atoms with Gasteiger partial charge in [0, 0.05) is 42.1 Å². The maximum absolute atomic E-state index is 13.2. The first kappa shape index (κ1) is 21.6. The van der Waals surface area contributed by atoms with Crippen LogP contribution in [-0.4, -0.2) is 22.2 Å². The molecule has 0 unspecified atom stereocenters. The fourth-order valence-corrected chi connectivity index (χ4v) is 3.73. The zero-order valence-corrected chi connectivity index (χ0v) is 17.5. The number of hydrogen-bond acceptors (Lipinski definition) is 3. The number of carboxylic acid groups (broad SMARTS) is 1. The predicted molar refractivity (Wildman–Crippen MR) is 115 cm³/mol. The van der Waals surface area contributed by atoms with Crippen molar-refractivity contribution < 1.29 is 19.0 Å². The Morgan fingerprint density at radius 2 is 1.77 bits per heavy atom. The Morgan fingerprint density at radius 3 is 2.43 bits per heavy atom. The van der Waals surface area contributed by atoms with Gasteiger partial charge in [-0.25, -0.2) is 9.18 Å². The quantitative estimate of drug-likeness (QED) is 0.538. The van der Waals surface area contributed by atoms with Gasteiger partial charge in [0.05, 0.1) is 12.2 Å². The van der Waals surface area contributed by atoms with Gasteiger partial charge in [-0.3, -0.25) is 0 Å². The van der Waals surface area contributed by atoms with Crippen molar-refractivity contribution in [3.8, 4) is 5.75 Å². The predicted octanol–water partition coefficient (Wildman–Crippen LogP) is 4.68. The lowest BCUT2D eigenvalue weighted by Crippen LogP contribution is -2.16. The molecular formula is C24H27FN2O3. The van der Waals surface area contributed by atoms with Crippen LogP contribution < -0.4 is 10.1 Å². The highest BCUT2D eigenvalue weighted by Gasteiger charge is 2.22. The van der Waals surface area contributed by atoms with Gasteiger partial charge < -0.3 is 19.7 Å². The lowest BCUT2D eigenvalue weighted by Gasteiger charge is -2.12. The number of nitrogens with zero attached hydrogens (tertiary/aromatic N) is 1. The summed E-state index contributed by atoms with van der Waals surface area (Å²) < 4.78 is 20.8. The molecule has 1 aromatic heterocycles. The topological polar surface area (TPSA) is 63.5 Å². The molecule has 2 aromatic carbocycles. The molecule has 0 saturated carbocycles. The van der Waals surface area contributed by atoms with Gasteiger partial charge in [-0.1, -0.05) is 30.3 Å². The highest BCUT2D eigenvalue weighted by atomic mass is 19.1. The van der Waals surface area contributed by atoms with Crippen LogP contribution in [0.15, 0.2) is 48.5 Å². The second-order valence-electron chi connectivity index (χ2n) is 7.19. The van der Waals surface area contributed by atoms with Gasteiger partial charge in [-0.15, -0.1) is 0 Å². The third-order valence-corrected chi connectivity index (χ3v) is 5.27. The number of carboxylic acids is 1. The lowest BCUT2D eigenvalue weighted by atomic mass is 10.1. The van der Waals surface area contributed by atoms with Crippen molar-refractivity contribution in [1.29, 1.82) is 0 Å². The summed E-state index contributed by atoms with van der Waals surface area (Å²) in [7, 11) is 0. The van der Waals surface area contributed by atoms with Crippen molar-refractivity contribution >= 4 is 5.97 Å². The maximum Gasteiger partial charge on any atom is 0.337 e. The maximum atomic E-state index is 13.2. The van der Waals surface area contributed by atoms with E-state index in [0.717, 1.165) is 28.1 Å². The summed E-state index contributed by atoms with van der Waals surface area (Å²) >= 11 is 0. The minimum absolute atomic E-state index is 0.289. The van der Waals surface area contributed by atoms with Crippen LogP contribution >= 0.6 is 0 Å². The molecule has 2 N–H and O–H groups in total. The van der Waals surface area contributed by atoms with E-state index in [9.17, 15) is 14.3 Å². The second-order valence-corrected chi connectivity index (χ2v) is 7.19. The monoisotopic (exact) mass is 410 g/mol. The third-order valence-electron chi connectivity index (χ3n) is 5.27. The molecule has 0 fully saturated rings. The first-order chi connectivity index (χ1) is 14.4. The Labute approximate surface area is 176 Å². The molecule has 5 nitrogen and oxygen atoms in total. The highest BCUT2D eigenvalue weighted by Crippen LogP contribution is 2.25. The lowest BCUT2D eigenvalue weighted by molar-refractivity contribution is 0.0694. The zero-order valence-electron chi connectivity index (χ0n) is 17.5. The van der Waals surface area contributed by atoms with Crippen molar-refractivity contribution in [3.05, 3.63) is 88.0 Å². The summed E-state index contributed by atoms with van der Waals surface area (Å²) in [6.45, 7) is 7.75. The summed E-state index contributed by atoms with van der Waals surface area (Å²) in [6.07, 6.45) is 0. The number of ether oxygens (including phenoxy) is 1. The number of rotatable bonds is 9. The number of para-hydroxylation sites is 1. The van der Waals surface area contributed by atoms with Crippen molar-refractivity contribution in [2.45, 2.75) is 40.4 Å². The average molecular weight is 410 g/mol. The summed E-state index contributed by atoms with van der Waals surface area (Å²) in [6, 6.07) is 14.1. The van der Waals surface area contributed by atoms with E-state index in [1.54, 1.807) is 12.1 Å². The van der Waals surface area contributed by atoms with Crippen LogP contribution in [-0.2, 0) is 19.6 Å². The summed E-state index contributed by atoms with van der Waals surface area (Å²) in [5.41, 5.74) is 4.60. The molecule has 0 bridgehead atoms. The molecule has 6 heteroatoms. The Balaban J connectivity index is 1.82. The number of aromatic carboxylic acids is 1. The van der Waals surface area contributed by atoms with Crippen LogP contribution in [0, 0.1) is 19.7 Å². The average Bonchev–Trinajstić information content (AvgIpc) is 2.95. The second kappa shape index (κ2) is 9.59. The van der Waals surface area contributed by atoms with Crippen LogP contribution in [0.25, 0.3) is 0 Å². The number of benzene rings is 2. The van der Waals surface area contributed by atoms with E-state index in [0.29, 0.717) is 37.5 Å². The van der Waals surface area contributed by atoms with Gasteiger partial charge in [-0.05, 0) is 44.5 Å². The molecule has 0 saturated heterocycles. The SMILES string of the molecule is CCOc1ccccc1CNCc1c(C(=O)O)c(C)n(Cc2ccc(F)cc2)c1C. The molecule has 0 aliphatic heterocycles. The van der Waals surface area contributed by atoms with Crippen molar-refractivity contribution in [2.75, 3.05) is 6.61 Å². The number of nitrogens with one attached hydrogen (secondary N) is 1. The third kappa shape index (κ3) is 4.71. The molecule has 3 aromatic rings. The summed E-state index contributed by atoms with van der Waals surface area (Å²) in [4.78, 5) is 12.0. The van der Waals surface area contributed by atoms with Crippen molar-refractivity contribution in [1.82, 2.24) is 9.88 Å². The minimum atomic E-state index is -0.944. The van der Waals surface area contributed by atoms with Gasteiger partial charge in [0.2, 0.25) is 0 Å². The largest absolute Gasteiger partial charge is 0.494 e. The first-order valence-electron chi connectivity index (χ1n) is 10.00. The normalized spacial score (nSPS) is 10.9. The molecule has 1 heterocycles. The zero-order chi connectivity index (χ0) is 21.7. The molecule has 0 aliphatic carbocycles. The van der Waals surface area contributed by atoms with Crippen LogP contribution in [0.1, 0.15) is 45.4 Å². The van der Waals surface area contributed by atoms with Gasteiger partial charge in [0.15, 0.2) is 0 Å². The molecule has 0 spiro atoms. The molecular weight excluding hydrogens is 383 g/mol. The molecule has 3 rings (SSSR count). The standard InChI is InChI=1S/C24H27FN2O3/c1-4-30-22-8-6-5-7-19(22)13-26-14-21-16(2)27(17(3)23(21)24(28)29)15-18-9-11-20(25)12-10-18/h5-12,26H,4,13-15H2,1-3H3,(H,28,29). The van der Waals surface area contributed by atoms with Crippen LogP contribution in [0.4, 0.5) is 4.39 Å². The van der Waals surface area contributed by atoms with Gasteiger partial charge in [-0.2, -0.15) is 0 Å².